The molecule has 0 heterocycles. The molecule has 0 aliphatic rings. The molecule has 0 aromatic carbocycles. The van der Waals surface area contributed by atoms with Crippen LogP contribution in [0.3, 0.4) is 0 Å². The second kappa shape index (κ2) is 37.1. The lowest BCUT2D eigenvalue weighted by molar-refractivity contribution is -0.122. The summed E-state index contributed by atoms with van der Waals surface area (Å²) in [6.45, 7) is 4.50. The average molecular weight is 722 g/mol. The van der Waals surface area contributed by atoms with Crippen molar-refractivity contribution in [3.05, 3.63) is 48.6 Å². The van der Waals surface area contributed by atoms with Crippen molar-refractivity contribution in [3.8, 4) is 0 Å². The molecule has 292 valence electrons. The van der Waals surface area contributed by atoms with Crippen LogP contribution in [-0.2, 0) is 14.9 Å². The van der Waals surface area contributed by atoms with Crippen LogP contribution in [0.2, 0.25) is 0 Å². The van der Waals surface area contributed by atoms with Gasteiger partial charge in [-0.1, -0.05) is 178 Å². The van der Waals surface area contributed by atoms with Crippen LogP contribution in [0.4, 0.5) is 0 Å². The Morgan fingerprint density at radius 3 is 1.42 bits per heavy atom. The van der Waals surface area contributed by atoms with E-state index in [4.69, 9.17) is 0 Å². The summed E-state index contributed by atoms with van der Waals surface area (Å²) in [6, 6.07) is -1.08. The first-order valence-electron chi connectivity index (χ1n) is 20.8. The van der Waals surface area contributed by atoms with Gasteiger partial charge in [-0.15, -0.1) is 0 Å². The minimum Gasteiger partial charge on any atom is -0.387 e. The maximum Gasteiger partial charge on any atom is 0.267 e. The quantitative estimate of drug-likeness (QED) is 0.0336. The highest BCUT2D eigenvalue weighted by molar-refractivity contribution is 7.85. The molecule has 0 aromatic heterocycles. The van der Waals surface area contributed by atoms with Gasteiger partial charge >= 0.3 is 0 Å². The molecule has 50 heavy (non-hydrogen) atoms. The monoisotopic (exact) mass is 722 g/mol. The Labute approximate surface area is 309 Å². The summed E-state index contributed by atoms with van der Waals surface area (Å²) in [5, 5.41) is 13.2. The average Bonchev–Trinajstić information content (AvgIpc) is 3.08. The number of hydrogen-bond acceptors (Lipinski definition) is 4. The van der Waals surface area contributed by atoms with Crippen molar-refractivity contribution >= 4 is 16.0 Å². The number of carbonyl (C=O) groups is 1. The fraction of sp³-hybridized carbons (Fsp3) is 0.791. The third-order valence-electron chi connectivity index (χ3n) is 9.23. The highest BCUT2D eigenvalue weighted by Crippen LogP contribution is 2.14. The molecular weight excluding hydrogens is 643 g/mol. The molecule has 0 spiro atoms. The predicted octanol–water partition coefficient (Wildman–Crippen LogP) is 12.3. The van der Waals surface area contributed by atoms with Gasteiger partial charge in [-0.05, 0) is 64.2 Å². The second-order valence-electron chi connectivity index (χ2n) is 14.3. The van der Waals surface area contributed by atoms with Crippen molar-refractivity contribution in [2.75, 3.05) is 5.75 Å². The molecule has 0 radical (unpaired) electrons. The van der Waals surface area contributed by atoms with Gasteiger partial charge in [0, 0.05) is 6.42 Å². The van der Waals surface area contributed by atoms with Crippen molar-refractivity contribution in [1.29, 1.82) is 0 Å². The zero-order valence-electron chi connectivity index (χ0n) is 32.5. The number of hydrogen-bond donors (Lipinski definition) is 3. The molecule has 0 fully saturated rings. The number of unbranched alkanes of at least 4 members (excludes halogenated alkanes) is 23. The summed E-state index contributed by atoms with van der Waals surface area (Å²) < 4.78 is 32.5. The summed E-state index contributed by atoms with van der Waals surface area (Å²) >= 11 is 0. The first kappa shape index (κ1) is 48.3. The van der Waals surface area contributed by atoms with Crippen LogP contribution < -0.4 is 5.32 Å². The van der Waals surface area contributed by atoms with Crippen LogP contribution in [-0.4, -0.2) is 41.9 Å². The van der Waals surface area contributed by atoms with Gasteiger partial charge in [0.15, 0.2) is 0 Å². The van der Waals surface area contributed by atoms with Crippen LogP contribution in [0.25, 0.3) is 0 Å². The normalized spacial score (nSPS) is 13.8. The number of nitrogens with one attached hydrogen (secondary N) is 1. The van der Waals surface area contributed by atoms with Crippen molar-refractivity contribution in [1.82, 2.24) is 5.32 Å². The highest BCUT2D eigenvalue weighted by Gasteiger charge is 2.24. The molecular formula is C43H79NO5S. The van der Waals surface area contributed by atoms with Gasteiger partial charge in [-0.2, -0.15) is 8.42 Å². The largest absolute Gasteiger partial charge is 0.387 e. The van der Waals surface area contributed by atoms with E-state index in [1.807, 2.05) is 6.08 Å². The SMILES string of the molecule is CCCCC/C=C\C/C=C\CCCCCCCCCC(=O)NC(CS(=O)(=O)O)C(O)/C=C/CC/C=C/CCCCCCCCCCCCCC. The fourth-order valence-electron chi connectivity index (χ4n) is 6.08. The number of aliphatic hydroxyl groups is 1. The summed E-state index contributed by atoms with van der Waals surface area (Å²) in [5.74, 6) is -1.01. The molecule has 7 heteroatoms. The van der Waals surface area contributed by atoms with E-state index >= 15 is 0 Å². The maximum atomic E-state index is 12.5. The molecule has 1 amide bonds. The first-order chi connectivity index (χ1) is 24.3. The first-order valence-corrected chi connectivity index (χ1v) is 22.4. The van der Waals surface area contributed by atoms with E-state index < -0.39 is 28.0 Å². The zero-order valence-corrected chi connectivity index (χ0v) is 33.3. The maximum absolute atomic E-state index is 12.5. The van der Waals surface area contributed by atoms with Crippen molar-refractivity contribution in [3.63, 3.8) is 0 Å². The highest BCUT2D eigenvalue weighted by atomic mass is 32.2. The molecule has 3 N–H and O–H groups in total. The number of allylic oxidation sites excluding steroid dienone is 7. The van der Waals surface area contributed by atoms with Crippen molar-refractivity contribution in [2.45, 2.75) is 212 Å². The second-order valence-corrected chi connectivity index (χ2v) is 15.8. The molecule has 0 saturated carbocycles. The molecule has 0 saturated heterocycles. The summed E-state index contributed by atoms with van der Waals surface area (Å²) in [5.41, 5.74) is 0. The molecule has 6 nitrogen and oxygen atoms in total. The minimum atomic E-state index is -4.36. The Morgan fingerprint density at radius 2 is 0.920 bits per heavy atom. The molecule has 0 aliphatic carbocycles. The third kappa shape index (κ3) is 37.6. The standard InChI is InChI=1S/C43H79NO5S/c1-3-5-7-9-11-13-15-17-19-21-23-24-26-28-30-32-34-36-38-42(45)41(40-50(47,48)49)44-43(46)39-37-35-33-31-29-27-25-22-20-18-16-14-12-10-8-6-4-2/h12,14,18,20,28,30,36,38,41-42,45H,3-11,13,15-17,19,21-27,29,31-35,37,39-40H2,1-2H3,(H,44,46)(H,47,48,49)/b14-12-,20-18-,30-28+,38-36+. The van der Waals surface area contributed by atoms with Gasteiger partial charge in [-0.3, -0.25) is 9.35 Å². The molecule has 0 aromatic rings. The van der Waals surface area contributed by atoms with E-state index in [0.717, 1.165) is 51.4 Å². The number of aliphatic hydroxyl groups excluding tert-OH is 1. The topological polar surface area (TPSA) is 104 Å². The van der Waals surface area contributed by atoms with Gasteiger partial charge < -0.3 is 10.4 Å². The summed E-state index contributed by atoms with van der Waals surface area (Å²) in [6.07, 6.45) is 49.5. The van der Waals surface area contributed by atoms with Crippen LogP contribution in [0.15, 0.2) is 48.6 Å². The van der Waals surface area contributed by atoms with E-state index in [2.05, 4.69) is 55.6 Å². The molecule has 0 bridgehead atoms. The van der Waals surface area contributed by atoms with Crippen LogP contribution in [0, 0.1) is 0 Å². The smallest absolute Gasteiger partial charge is 0.267 e. The Morgan fingerprint density at radius 1 is 0.540 bits per heavy atom. The van der Waals surface area contributed by atoms with Crippen molar-refractivity contribution in [2.24, 2.45) is 0 Å². The van der Waals surface area contributed by atoms with E-state index in [9.17, 15) is 22.9 Å². The van der Waals surface area contributed by atoms with E-state index in [0.29, 0.717) is 6.42 Å². The zero-order chi connectivity index (χ0) is 36.8. The fourth-order valence-corrected chi connectivity index (χ4v) is 6.82. The molecule has 0 rings (SSSR count). The Hall–Kier alpha value is -1.70. The lowest BCUT2D eigenvalue weighted by Gasteiger charge is -2.21. The lowest BCUT2D eigenvalue weighted by atomic mass is 10.0. The van der Waals surface area contributed by atoms with Gasteiger partial charge in [0.1, 0.15) is 0 Å². The Kier molecular flexibility index (Phi) is 35.8. The Bertz CT molecular complexity index is 972. The molecule has 2 atom stereocenters. The van der Waals surface area contributed by atoms with E-state index in [1.165, 1.54) is 128 Å². The van der Waals surface area contributed by atoms with Gasteiger partial charge in [0.05, 0.1) is 17.9 Å². The predicted molar refractivity (Wildman–Crippen MR) is 216 cm³/mol. The van der Waals surface area contributed by atoms with Crippen LogP contribution in [0.1, 0.15) is 200 Å². The van der Waals surface area contributed by atoms with E-state index in [1.54, 1.807) is 0 Å². The van der Waals surface area contributed by atoms with Gasteiger partial charge in [0.25, 0.3) is 10.1 Å². The third-order valence-corrected chi connectivity index (χ3v) is 10.0. The lowest BCUT2D eigenvalue weighted by Crippen LogP contribution is -2.46. The number of amides is 1. The van der Waals surface area contributed by atoms with Crippen LogP contribution >= 0.6 is 0 Å². The van der Waals surface area contributed by atoms with E-state index in [-0.39, 0.29) is 12.3 Å². The Balaban J connectivity index is 3.98. The minimum absolute atomic E-state index is 0.278. The van der Waals surface area contributed by atoms with Gasteiger partial charge in [-0.25, -0.2) is 0 Å². The molecule has 0 aliphatic heterocycles. The summed E-state index contributed by atoms with van der Waals surface area (Å²) in [4.78, 5) is 12.5. The number of carbonyl (C=O) groups excluding carboxylic acids is 1. The molecule has 2 unspecified atom stereocenters. The number of rotatable bonds is 37. The van der Waals surface area contributed by atoms with Crippen LogP contribution in [0.5, 0.6) is 0 Å². The van der Waals surface area contributed by atoms with Gasteiger partial charge in [0.2, 0.25) is 5.91 Å². The summed E-state index contributed by atoms with van der Waals surface area (Å²) in [7, 11) is -4.36. The van der Waals surface area contributed by atoms with Crippen molar-refractivity contribution < 1.29 is 22.9 Å².